The van der Waals surface area contributed by atoms with Gasteiger partial charge in [0.15, 0.2) is 0 Å². The van der Waals surface area contributed by atoms with Crippen molar-refractivity contribution in [1.82, 2.24) is 10.2 Å². The summed E-state index contributed by atoms with van der Waals surface area (Å²) in [5, 5.41) is 3.51. The van der Waals surface area contributed by atoms with Crippen LogP contribution in [0.2, 0.25) is 0 Å². The van der Waals surface area contributed by atoms with Gasteiger partial charge in [0.1, 0.15) is 0 Å². The van der Waals surface area contributed by atoms with Crippen molar-refractivity contribution < 1.29 is 0 Å². The Labute approximate surface area is 118 Å². The number of benzene rings is 1. The number of hydrogen-bond donors (Lipinski definition) is 1. The van der Waals surface area contributed by atoms with Gasteiger partial charge in [-0.2, -0.15) is 0 Å². The Hall–Kier alpha value is -0.860. The SMILES string of the molecule is CCc1ccc(C(CC)N2CCNCC2(C)C)cc1. The Kier molecular flexibility index (Phi) is 4.64. The predicted molar refractivity (Wildman–Crippen MR) is 82.5 cm³/mol. The normalized spacial score (nSPS) is 21.3. The minimum absolute atomic E-state index is 0.238. The van der Waals surface area contributed by atoms with Gasteiger partial charge in [-0.25, -0.2) is 0 Å². The molecule has 1 aromatic rings. The molecule has 106 valence electrons. The number of rotatable bonds is 4. The molecule has 1 unspecified atom stereocenters. The lowest BCUT2D eigenvalue weighted by Gasteiger charge is -2.47. The molecule has 0 spiro atoms. The maximum Gasteiger partial charge on any atom is 0.0351 e. The molecule has 0 radical (unpaired) electrons. The minimum atomic E-state index is 0.238. The van der Waals surface area contributed by atoms with Crippen LogP contribution in [0.4, 0.5) is 0 Å². The third kappa shape index (κ3) is 3.18. The summed E-state index contributed by atoms with van der Waals surface area (Å²) in [7, 11) is 0. The largest absolute Gasteiger partial charge is 0.314 e. The molecule has 1 aliphatic heterocycles. The molecule has 1 atom stereocenters. The minimum Gasteiger partial charge on any atom is -0.314 e. The summed E-state index contributed by atoms with van der Waals surface area (Å²) in [4.78, 5) is 2.67. The molecule has 19 heavy (non-hydrogen) atoms. The van der Waals surface area contributed by atoms with Crippen LogP contribution in [-0.2, 0) is 6.42 Å². The standard InChI is InChI=1S/C17H28N2/c1-5-14-7-9-15(10-8-14)16(6-2)19-12-11-18-13-17(19,3)4/h7-10,16,18H,5-6,11-13H2,1-4H3. The highest BCUT2D eigenvalue weighted by molar-refractivity contribution is 5.25. The number of hydrogen-bond acceptors (Lipinski definition) is 2. The Morgan fingerprint density at radius 1 is 1.21 bits per heavy atom. The van der Waals surface area contributed by atoms with E-state index in [1.807, 2.05) is 0 Å². The fraction of sp³-hybridized carbons (Fsp3) is 0.647. The molecule has 1 saturated heterocycles. The molecule has 1 N–H and O–H groups in total. The molecule has 1 fully saturated rings. The summed E-state index contributed by atoms with van der Waals surface area (Å²) in [5.74, 6) is 0. The third-order valence-electron chi connectivity index (χ3n) is 4.40. The zero-order chi connectivity index (χ0) is 13.9. The van der Waals surface area contributed by atoms with Crippen LogP contribution in [0.1, 0.15) is 51.3 Å². The lowest BCUT2D eigenvalue weighted by Crippen LogP contribution is -2.58. The molecule has 0 bridgehead atoms. The van der Waals surface area contributed by atoms with Crippen molar-refractivity contribution in [3.8, 4) is 0 Å². The highest BCUT2D eigenvalue weighted by Gasteiger charge is 2.34. The molecule has 1 heterocycles. The van der Waals surface area contributed by atoms with E-state index in [1.165, 1.54) is 17.5 Å². The maximum absolute atomic E-state index is 3.51. The van der Waals surface area contributed by atoms with Gasteiger partial charge >= 0.3 is 0 Å². The third-order valence-corrected chi connectivity index (χ3v) is 4.40. The molecule has 2 nitrogen and oxygen atoms in total. The molecule has 0 aliphatic carbocycles. The van der Waals surface area contributed by atoms with Crippen LogP contribution in [0.3, 0.4) is 0 Å². The van der Waals surface area contributed by atoms with Crippen molar-refractivity contribution in [2.75, 3.05) is 19.6 Å². The monoisotopic (exact) mass is 260 g/mol. The van der Waals surface area contributed by atoms with Gasteiger partial charge in [0.25, 0.3) is 0 Å². The number of aryl methyl sites for hydroxylation is 1. The molecular formula is C17H28N2. The molecule has 2 heteroatoms. The van der Waals surface area contributed by atoms with Crippen LogP contribution in [0, 0.1) is 0 Å². The fourth-order valence-electron chi connectivity index (χ4n) is 3.19. The molecule has 2 rings (SSSR count). The summed E-state index contributed by atoms with van der Waals surface area (Å²) in [5.41, 5.74) is 3.13. The van der Waals surface area contributed by atoms with Gasteiger partial charge < -0.3 is 5.32 Å². The molecule has 0 amide bonds. The summed E-state index contributed by atoms with van der Waals surface area (Å²) in [6.45, 7) is 12.5. The van der Waals surface area contributed by atoms with E-state index < -0.39 is 0 Å². The van der Waals surface area contributed by atoms with E-state index in [0.717, 1.165) is 26.1 Å². The van der Waals surface area contributed by atoms with Gasteiger partial charge in [0.2, 0.25) is 0 Å². The second-order valence-electron chi connectivity index (χ2n) is 6.20. The van der Waals surface area contributed by atoms with E-state index in [-0.39, 0.29) is 5.54 Å². The smallest absolute Gasteiger partial charge is 0.0351 e. The summed E-state index contributed by atoms with van der Waals surface area (Å²) >= 11 is 0. The first kappa shape index (κ1) is 14.5. The topological polar surface area (TPSA) is 15.3 Å². The number of nitrogens with one attached hydrogen (secondary N) is 1. The van der Waals surface area contributed by atoms with Crippen molar-refractivity contribution in [1.29, 1.82) is 0 Å². The highest BCUT2D eigenvalue weighted by Crippen LogP contribution is 2.31. The summed E-state index contributed by atoms with van der Waals surface area (Å²) < 4.78 is 0. The Morgan fingerprint density at radius 2 is 1.89 bits per heavy atom. The van der Waals surface area contributed by atoms with Crippen molar-refractivity contribution in [2.24, 2.45) is 0 Å². The first-order valence-electron chi connectivity index (χ1n) is 7.64. The van der Waals surface area contributed by atoms with Crippen LogP contribution in [-0.4, -0.2) is 30.1 Å². The van der Waals surface area contributed by atoms with Crippen molar-refractivity contribution in [3.05, 3.63) is 35.4 Å². The van der Waals surface area contributed by atoms with E-state index in [4.69, 9.17) is 0 Å². The predicted octanol–water partition coefficient (Wildman–Crippen LogP) is 3.38. The lowest BCUT2D eigenvalue weighted by molar-refractivity contribution is 0.0422. The van der Waals surface area contributed by atoms with E-state index in [0.29, 0.717) is 6.04 Å². The first-order chi connectivity index (χ1) is 9.08. The molecular weight excluding hydrogens is 232 g/mol. The first-order valence-corrected chi connectivity index (χ1v) is 7.64. The number of piperazine rings is 1. The van der Waals surface area contributed by atoms with Gasteiger partial charge in [0.05, 0.1) is 0 Å². The van der Waals surface area contributed by atoms with Gasteiger partial charge in [0, 0.05) is 31.2 Å². The maximum atomic E-state index is 3.51. The van der Waals surface area contributed by atoms with Crippen LogP contribution < -0.4 is 5.32 Å². The average Bonchev–Trinajstić information content (AvgIpc) is 2.42. The van der Waals surface area contributed by atoms with Gasteiger partial charge in [-0.15, -0.1) is 0 Å². The second kappa shape index (κ2) is 6.06. The van der Waals surface area contributed by atoms with Crippen LogP contribution in [0.25, 0.3) is 0 Å². The zero-order valence-corrected chi connectivity index (χ0v) is 12.9. The van der Waals surface area contributed by atoms with E-state index in [2.05, 4.69) is 62.2 Å². The van der Waals surface area contributed by atoms with E-state index in [9.17, 15) is 0 Å². The summed E-state index contributed by atoms with van der Waals surface area (Å²) in [6.07, 6.45) is 2.30. The Balaban J connectivity index is 2.22. The molecule has 1 aromatic carbocycles. The van der Waals surface area contributed by atoms with Crippen molar-refractivity contribution in [2.45, 2.75) is 52.1 Å². The molecule has 0 saturated carbocycles. The van der Waals surface area contributed by atoms with Crippen LogP contribution in [0.5, 0.6) is 0 Å². The molecule has 1 aliphatic rings. The fourth-order valence-corrected chi connectivity index (χ4v) is 3.19. The van der Waals surface area contributed by atoms with Gasteiger partial charge in [-0.05, 0) is 37.8 Å². The van der Waals surface area contributed by atoms with Crippen LogP contribution >= 0.6 is 0 Å². The average molecular weight is 260 g/mol. The van der Waals surface area contributed by atoms with E-state index >= 15 is 0 Å². The second-order valence-corrected chi connectivity index (χ2v) is 6.20. The van der Waals surface area contributed by atoms with Gasteiger partial charge in [-0.1, -0.05) is 38.1 Å². The Morgan fingerprint density at radius 3 is 2.42 bits per heavy atom. The van der Waals surface area contributed by atoms with Gasteiger partial charge in [-0.3, -0.25) is 4.90 Å². The van der Waals surface area contributed by atoms with Crippen LogP contribution in [0.15, 0.2) is 24.3 Å². The van der Waals surface area contributed by atoms with E-state index in [1.54, 1.807) is 0 Å². The lowest BCUT2D eigenvalue weighted by atomic mass is 9.92. The summed E-state index contributed by atoms with van der Waals surface area (Å²) in [6, 6.07) is 9.76. The highest BCUT2D eigenvalue weighted by atomic mass is 15.3. The van der Waals surface area contributed by atoms with Crippen molar-refractivity contribution in [3.63, 3.8) is 0 Å². The Bertz CT molecular complexity index is 394. The number of nitrogens with zero attached hydrogens (tertiary/aromatic N) is 1. The quantitative estimate of drug-likeness (QED) is 0.893. The van der Waals surface area contributed by atoms with Crippen molar-refractivity contribution >= 4 is 0 Å². The zero-order valence-electron chi connectivity index (χ0n) is 12.9. The molecule has 0 aromatic heterocycles.